The van der Waals surface area contributed by atoms with Gasteiger partial charge < -0.3 is 15.0 Å². The van der Waals surface area contributed by atoms with Crippen molar-refractivity contribution >= 4 is 5.91 Å². The molecule has 0 aromatic heterocycles. The first-order chi connectivity index (χ1) is 12.2. The van der Waals surface area contributed by atoms with Gasteiger partial charge in [-0.25, -0.2) is 0 Å². The number of nitrogens with one attached hydrogen (secondary N) is 1. The molecular weight excluding hydrogens is 312 g/mol. The Morgan fingerprint density at radius 1 is 1.28 bits per heavy atom. The monoisotopic (exact) mass is 338 g/mol. The number of ether oxygens (including phenoxy) is 1. The van der Waals surface area contributed by atoms with Crippen molar-refractivity contribution in [3.63, 3.8) is 0 Å². The third kappa shape index (κ3) is 6.43. The summed E-state index contributed by atoms with van der Waals surface area (Å²) in [6.07, 6.45) is 8.12. The van der Waals surface area contributed by atoms with E-state index < -0.39 is 0 Å². The largest absolute Gasteiger partial charge is 0.489 e. The number of amides is 1. The minimum atomic E-state index is 0.150. The topological polar surface area (TPSA) is 41.6 Å². The van der Waals surface area contributed by atoms with Gasteiger partial charge in [0.15, 0.2) is 0 Å². The van der Waals surface area contributed by atoms with Crippen LogP contribution in [0.25, 0.3) is 0 Å². The van der Waals surface area contributed by atoms with Crippen LogP contribution in [0.2, 0.25) is 0 Å². The summed E-state index contributed by atoms with van der Waals surface area (Å²) in [5.74, 6) is 0.862. The van der Waals surface area contributed by atoms with E-state index in [2.05, 4.69) is 18.5 Å². The molecule has 1 amide bonds. The minimum absolute atomic E-state index is 0.150. The molecule has 1 saturated heterocycles. The molecule has 1 heterocycles. The van der Waals surface area contributed by atoms with Gasteiger partial charge in [-0.1, -0.05) is 55.6 Å². The summed E-state index contributed by atoms with van der Waals surface area (Å²) in [5.41, 5.74) is 2.17. The van der Waals surface area contributed by atoms with E-state index in [1.807, 2.05) is 47.4 Å². The van der Waals surface area contributed by atoms with Crippen molar-refractivity contribution in [3.8, 4) is 0 Å². The molecule has 0 aliphatic carbocycles. The highest BCUT2D eigenvalue weighted by Gasteiger charge is 2.16. The van der Waals surface area contributed by atoms with Gasteiger partial charge in [0.25, 0.3) is 0 Å². The summed E-state index contributed by atoms with van der Waals surface area (Å²) in [4.78, 5) is 13.8. The fourth-order valence-corrected chi connectivity index (χ4v) is 2.58. The molecule has 4 heteroatoms. The third-order valence-corrected chi connectivity index (χ3v) is 3.97. The van der Waals surface area contributed by atoms with E-state index in [-0.39, 0.29) is 5.91 Å². The summed E-state index contributed by atoms with van der Waals surface area (Å²) in [5, 5.41) is 3.08. The Hall–Kier alpha value is -2.59. The predicted octanol–water partition coefficient (Wildman–Crippen LogP) is 3.21. The lowest BCUT2D eigenvalue weighted by molar-refractivity contribution is -0.131. The highest BCUT2D eigenvalue weighted by atomic mass is 16.5. The second-order valence-corrected chi connectivity index (χ2v) is 5.81. The molecule has 2 rings (SSSR count). The van der Waals surface area contributed by atoms with Gasteiger partial charge >= 0.3 is 0 Å². The number of hydrogen-bond donors (Lipinski definition) is 1. The number of allylic oxidation sites excluding steroid dienone is 4. The molecule has 0 saturated carbocycles. The molecule has 1 fully saturated rings. The van der Waals surface area contributed by atoms with Gasteiger partial charge in [0.2, 0.25) is 5.91 Å². The Morgan fingerprint density at radius 3 is 2.76 bits per heavy atom. The van der Waals surface area contributed by atoms with E-state index in [1.165, 1.54) is 0 Å². The maximum atomic E-state index is 11.9. The zero-order valence-corrected chi connectivity index (χ0v) is 14.6. The Morgan fingerprint density at radius 2 is 2.08 bits per heavy atom. The van der Waals surface area contributed by atoms with Gasteiger partial charge in [0, 0.05) is 19.6 Å². The van der Waals surface area contributed by atoms with Crippen LogP contribution in [0.4, 0.5) is 0 Å². The molecule has 1 N–H and O–H groups in total. The van der Waals surface area contributed by atoms with Crippen LogP contribution in [0, 0.1) is 0 Å². The van der Waals surface area contributed by atoms with Crippen molar-refractivity contribution in [1.82, 2.24) is 10.2 Å². The number of benzene rings is 1. The average molecular weight is 338 g/mol. The summed E-state index contributed by atoms with van der Waals surface area (Å²) in [6.45, 7) is 10.8. The van der Waals surface area contributed by atoms with E-state index in [0.717, 1.165) is 30.6 Å². The van der Waals surface area contributed by atoms with Crippen LogP contribution in [0.15, 0.2) is 79.1 Å². The number of carbonyl (C=O) groups excluding carboxylic acids is 1. The molecule has 25 heavy (non-hydrogen) atoms. The highest BCUT2D eigenvalue weighted by Crippen LogP contribution is 2.13. The van der Waals surface area contributed by atoms with Crippen molar-refractivity contribution in [1.29, 1.82) is 0 Å². The van der Waals surface area contributed by atoms with Crippen LogP contribution in [-0.2, 0) is 16.1 Å². The Balaban J connectivity index is 1.95. The van der Waals surface area contributed by atoms with E-state index in [4.69, 9.17) is 4.74 Å². The van der Waals surface area contributed by atoms with Gasteiger partial charge in [-0.05, 0) is 29.7 Å². The first-order valence-electron chi connectivity index (χ1n) is 8.54. The molecule has 0 spiro atoms. The average Bonchev–Trinajstić information content (AvgIpc) is 2.65. The summed E-state index contributed by atoms with van der Waals surface area (Å²) < 4.78 is 5.84. The quantitative estimate of drug-likeness (QED) is 0.555. The molecule has 0 atom stereocenters. The number of rotatable bonds is 9. The lowest BCUT2D eigenvalue weighted by Gasteiger charge is -2.27. The highest BCUT2D eigenvalue weighted by molar-refractivity contribution is 5.79. The van der Waals surface area contributed by atoms with Crippen LogP contribution >= 0.6 is 0 Å². The molecule has 1 aliphatic heterocycles. The zero-order valence-electron chi connectivity index (χ0n) is 14.6. The predicted molar refractivity (Wildman–Crippen MR) is 102 cm³/mol. The molecule has 1 aliphatic rings. The van der Waals surface area contributed by atoms with Crippen LogP contribution < -0.4 is 5.32 Å². The lowest BCUT2D eigenvalue weighted by atomic mass is 10.1. The maximum Gasteiger partial charge on any atom is 0.236 e. The van der Waals surface area contributed by atoms with Crippen LogP contribution in [0.5, 0.6) is 0 Å². The van der Waals surface area contributed by atoms with Crippen LogP contribution in [0.1, 0.15) is 12.0 Å². The molecule has 4 nitrogen and oxygen atoms in total. The summed E-state index contributed by atoms with van der Waals surface area (Å²) in [6, 6.07) is 10.0. The number of piperazine rings is 1. The van der Waals surface area contributed by atoms with Gasteiger partial charge in [0.05, 0.1) is 6.54 Å². The molecule has 1 aromatic carbocycles. The van der Waals surface area contributed by atoms with Crippen molar-refractivity contribution in [2.24, 2.45) is 0 Å². The molecular formula is C21H26N2O2. The minimum Gasteiger partial charge on any atom is -0.489 e. The Kier molecular flexibility index (Phi) is 7.73. The Bertz CT molecular complexity index is 647. The number of hydrogen-bond acceptors (Lipinski definition) is 3. The van der Waals surface area contributed by atoms with Gasteiger partial charge in [-0.15, -0.1) is 0 Å². The number of nitrogens with zero attached hydrogens (tertiary/aromatic N) is 1. The van der Waals surface area contributed by atoms with Gasteiger partial charge in [0.1, 0.15) is 12.4 Å². The molecule has 0 unspecified atom stereocenters. The first kappa shape index (κ1) is 18.7. The SMILES string of the molecule is C=C/C=C(\C=C(/C=C)OCc1ccccc1)CCN1CCNCC1=O. The molecule has 132 valence electrons. The fourth-order valence-electron chi connectivity index (χ4n) is 2.58. The van der Waals surface area contributed by atoms with E-state index in [1.54, 1.807) is 12.2 Å². The summed E-state index contributed by atoms with van der Waals surface area (Å²) in [7, 11) is 0. The molecule has 0 bridgehead atoms. The second-order valence-electron chi connectivity index (χ2n) is 5.81. The van der Waals surface area contributed by atoms with E-state index >= 15 is 0 Å². The van der Waals surface area contributed by atoms with Crippen LogP contribution in [-0.4, -0.2) is 37.0 Å². The van der Waals surface area contributed by atoms with Crippen molar-refractivity contribution in [2.45, 2.75) is 13.0 Å². The molecule has 0 radical (unpaired) electrons. The summed E-state index contributed by atoms with van der Waals surface area (Å²) >= 11 is 0. The maximum absolute atomic E-state index is 11.9. The Labute approximate surface area is 150 Å². The second kappa shape index (κ2) is 10.3. The third-order valence-electron chi connectivity index (χ3n) is 3.97. The standard InChI is InChI=1S/C21H26N2O2/c1-3-8-18(11-13-23-14-12-22-16-21(23)24)15-20(4-2)25-17-19-9-6-5-7-10-19/h3-10,15,22H,1-2,11-14,16-17H2/b18-8-,20-15+. The number of carbonyl (C=O) groups is 1. The van der Waals surface area contributed by atoms with Crippen molar-refractivity contribution in [2.75, 3.05) is 26.2 Å². The van der Waals surface area contributed by atoms with Crippen molar-refractivity contribution < 1.29 is 9.53 Å². The fraction of sp³-hybridized carbons (Fsp3) is 0.286. The van der Waals surface area contributed by atoms with Crippen molar-refractivity contribution in [3.05, 3.63) is 84.7 Å². The van der Waals surface area contributed by atoms with Crippen LogP contribution in [0.3, 0.4) is 0 Å². The van der Waals surface area contributed by atoms with E-state index in [0.29, 0.717) is 25.5 Å². The van der Waals surface area contributed by atoms with Gasteiger partial charge in [-0.2, -0.15) is 0 Å². The lowest BCUT2D eigenvalue weighted by Crippen LogP contribution is -2.48. The normalized spacial score (nSPS) is 15.8. The molecule has 1 aromatic rings. The van der Waals surface area contributed by atoms with Gasteiger partial charge in [-0.3, -0.25) is 4.79 Å². The van der Waals surface area contributed by atoms with E-state index in [9.17, 15) is 4.79 Å². The first-order valence-corrected chi connectivity index (χ1v) is 8.54. The smallest absolute Gasteiger partial charge is 0.236 e. The zero-order chi connectivity index (χ0) is 17.9.